The number of aromatic nitrogens is 1. The summed E-state index contributed by atoms with van der Waals surface area (Å²) >= 11 is 1.30. The van der Waals surface area contributed by atoms with Crippen molar-refractivity contribution in [3.05, 3.63) is 11.8 Å². The summed E-state index contributed by atoms with van der Waals surface area (Å²) < 4.78 is 4.88. The second kappa shape index (κ2) is 8.35. The number of carbonyl (C=O) groups excluding carboxylic acids is 2. The molecule has 23 heavy (non-hydrogen) atoms. The molecule has 1 fully saturated rings. The first kappa shape index (κ1) is 17.8. The SMILES string of the molecule is Cc1cc(NC(=O)CSCC(=O)N2CCCCC2C(C)N)no1. The number of carbonyl (C=O) groups is 2. The first-order valence-corrected chi connectivity index (χ1v) is 8.99. The van der Waals surface area contributed by atoms with Crippen LogP contribution in [0.25, 0.3) is 0 Å². The van der Waals surface area contributed by atoms with Crippen molar-refractivity contribution < 1.29 is 14.1 Å². The standard InChI is InChI=1S/C15H24N4O3S/c1-10-7-13(18-22-10)17-14(20)8-23-9-15(21)19-6-4-3-5-12(19)11(2)16/h7,11-12H,3-6,8-9,16H2,1-2H3,(H,17,18,20). The lowest BCUT2D eigenvalue weighted by Crippen LogP contribution is -2.52. The average molecular weight is 340 g/mol. The molecule has 8 heteroatoms. The lowest BCUT2D eigenvalue weighted by atomic mass is 9.97. The van der Waals surface area contributed by atoms with E-state index < -0.39 is 0 Å². The Hall–Kier alpha value is -1.54. The molecule has 128 valence electrons. The molecule has 0 aliphatic carbocycles. The van der Waals surface area contributed by atoms with Crippen LogP contribution in [0.15, 0.2) is 10.6 Å². The number of nitrogens with two attached hydrogens (primary N) is 1. The number of rotatable bonds is 6. The summed E-state index contributed by atoms with van der Waals surface area (Å²) in [6, 6.07) is 1.74. The molecule has 2 unspecified atom stereocenters. The summed E-state index contributed by atoms with van der Waals surface area (Å²) in [5.74, 6) is 1.38. The van der Waals surface area contributed by atoms with Crippen molar-refractivity contribution in [3.63, 3.8) is 0 Å². The van der Waals surface area contributed by atoms with Gasteiger partial charge in [0.25, 0.3) is 0 Å². The summed E-state index contributed by atoms with van der Waals surface area (Å²) in [7, 11) is 0. The average Bonchev–Trinajstić information content (AvgIpc) is 2.92. The molecule has 2 amide bonds. The molecule has 7 nitrogen and oxygen atoms in total. The lowest BCUT2D eigenvalue weighted by Gasteiger charge is -2.38. The Morgan fingerprint density at radius 2 is 2.30 bits per heavy atom. The van der Waals surface area contributed by atoms with Crippen LogP contribution in [0.5, 0.6) is 0 Å². The largest absolute Gasteiger partial charge is 0.360 e. The minimum atomic E-state index is -0.196. The van der Waals surface area contributed by atoms with Gasteiger partial charge in [-0.25, -0.2) is 0 Å². The second-order valence-electron chi connectivity index (χ2n) is 5.87. The van der Waals surface area contributed by atoms with Gasteiger partial charge in [0.15, 0.2) is 5.82 Å². The molecular formula is C15H24N4O3S. The summed E-state index contributed by atoms with van der Waals surface area (Å²) in [6.45, 7) is 4.45. The van der Waals surface area contributed by atoms with Crippen molar-refractivity contribution >= 4 is 29.4 Å². The van der Waals surface area contributed by atoms with Gasteiger partial charge in [-0.2, -0.15) is 0 Å². The van der Waals surface area contributed by atoms with Gasteiger partial charge in [-0.3, -0.25) is 9.59 Å². The van der Waals surface area contributed by atoms with Gasteiger partial charge in [0, 0.05) is 24.7 Å². The molecule has 1 aromatic rings. The minimum absolute atomic E-state index is 0.0250. The molecule has 3 N–H and O–H groups in total. The van der Waals surface area contributed by atoms with Crippen LogP contribution in [0.3, 0.4) is 0 Å². The number of nitrogens with zero attached hydrogens (tertiary/aromatic N) is 2. The number of thioether (sulfide) groups is 1. The molecule has 2 atom stereocenters. The van der Waals surface area contributed by atoms with Gasteiger partial charge < -0.3 is 20.5 Å². The highest BCUT2D eigenvalue weighted by molar-refractivity contribution is 8.00. The van der Waals surface area contributed by atoms with Gasteiger partial charge in [0.05, 0.1) is 11.5 Å². The number of amides is 2. The highest BCUT2D eigenvalue weighted by Gasteiger charge is 2.28. The number of piperidine rings is 1. The second-order valence-corrected chi connectivity index (χ2v) is 6.86. The summed E-state index contributed by atoms with van der Waals surface area (Å²) in [4.78, 5) is 26.0. The first-order valence-electron chi connectivity index (χ1n) is 7.83. The fourth-order valence-corrected chi connectivity index (χ4v) is 3.43. The Kier molecular flexibility index (Phi) is 6.47. The molecule has 0 radical (unpaired) electrons. The Morgan fingerprint density at radius 3 is 2.96 bits per heavy atom. The monoisotopic (exact) mass is 340 g/mol. The quantitative estimate of drug-likeness (QED) is 0.811. The summed E-state index contributed by atoms with van der Waals surface area (Å²) in [5, 5.41) is 6.33. The number of aryl methyl sites for hydroxylation is 1. The van der Waals surface area contributed by atoms with E-state index in [4.69, 9.17) is 10.3 Å². The van der Waals surface area contributed by atoms with Crippen molar-refractivity contribution in [2.75, 3.05) is 23.4 Å². The van der Waals surface area contributed by atoms with Gasteiger partial charge in [0.1, 0.15) is 5.76 Å². The van der Waals surface area contributed by atoms with Crippen molar-refractivity contribution in [2.24, 2.45) is 5.73 Å². The van der Waals surface area contributed by atoms with Crippen molar-refractivity contribution in [3.8, 4) is 0 Å². The Balaban J connectivity index is 1.74. The molecule has 1 aromatic heterocycles. The van der Waals surface area contributed by atoms with E-state index in [0.29, 0.717) is 11.6 Å². The molecule has 0 saturated carbocycles. The third kappa shape index (κ3) is 5.24. The fourth-order valence-electron chi connectivity index (χ4n) is 2.73. The molecule has 1 aliphatic rings. The molecule has 1 saturated heterocycles. The zero-order valence-corrected chi connectivity index (χ0v) is 14.4. The van der Waals surface area contributed by atoms with Crippen LogP contribution >= 0.6 is 11.8 Å². The lowest BCUT2D eigenvalue weighted by molar-refractivity contribution is -0.132. The summed E-state index contributed by atoms with van der Waals surface area (Å²) in [6.07, 6.45) is 3.09. The van der Waals surface area contributed by atoms with Gasteiger partial charge >= 0.3 is 0 Å². The van der Waals surface area contributed by atoms with E-state index in [2.05, 4.69) is 10.5 Å². The van der Waals surface area contributed by atoms with E-state index in [1.54, 1.807) is 13.0 Å². The van der Waals surface area contributed by atoms with Crippen LogP contribution < -0.4 is 11.1 Å². The Labute approximate surface area is 140 Å². The normalized spacial score (nSPS) is 19.4. The molecule has 2 heterocycles. The Morgan fingerprint density at radius 1 is 1.52 bits per heavy atom. The van der Waals surface area contributed by atoms with E-state index in [1.807, 2.05) is 11.8 Å². The van der Waals surface area contributed by atoms with E-state index in [-0.39, 0.29) is 35.4 Å². The van der Waals surface area contributed by atoms with Gasteiger partial charge in [0.2, 0.25) is 11.8 Å². The third-order valence-corrected chi connectivity index (χ3v) is 4.75. The van der Waals surface area contributed by atoms with Gasteiger partial charge in [-0.15, -0.1) is 11.8 Å². The van der Waals surface area contributed by atoms with E-state index in [9.17, 15) is 9.59 Å². The maximum atomic E-state index is 12.3. The van der Waals surface area contributed by atoms with Crippen LogP contribution in [0.2, 0.25) is 0 Å². The molecule has 0 bridgehead atoms. The number of likely N-dealkylation sites (tertiary alicyclic amines) is 1. The number of hydrogen-bond acceptors (Lipinski definition) is 6. The van der Waals surface area contributed by atoms with E-state index in [0.717, 1.165) is 25.8 Å². The van der Waals surface area contributed by atoms with Crippen LogP contribution in [-0.4, -0.2) is 52.0 Å². The van der Waals surface area contributed by atoms with Gasteiger partial charge in [-0.1, -0.05) is 5.16 Å². The number of anilines is 1. The number of hydrogen-bond donors (Lipinski definition) is 2. The van der Waals surface area contributed by atoms with Crippen LogP contribution in [0.4, 0.5) is 5.82 Å². The van der Waals surface area contributed by atoms with E-state index >= 15 is 0 Å². The zero-order chi connectivity index (χ0) is 16.8. The Bertz CT molecular complexity index is 547. The van der Waals surface area contributed by atoms with Gasteiger partial charge in [-0.05, 0) is 33.1 Å². The maximum absolute atomic E-state index is 12.3. The third-order valence-electron chi connectivity index (χ3n) is 3.83. The number of nitrogens with one attached hydrogen (secondary N) is 1. The van der Waals surface area contributed by atoms with Crippen molar-refractivity contribution in [1.82, 2.24) is 10.1 Å². The fraction of sp³-hybridized carbons (Fsp3) is 0.667. The van der Waals surface area contributed by atoms with Crippen LogP contribution in [0, 0.1) is 6.92 Å². The highest BCUT2D eigenvalue weighted by Crippen LogP contribution is 2.20. The van der Waals surface area contributed by atoms with Crippen LogP contribution in [0.1, 0.15) is 31.9 Å². The molecule has 1 aliphatic heterocycles. The van der Waals surface area contributed by atoms with Crippen molar-refractivity contribution in [2.45, 2.75) is 45.2 Å². The zero-order valence-electron chi connectivity index (χ0n) is 13.6. The van der Waals surface area contributed by atoms with E-state index in [1.165, 1.54) is 11.8 Å². The molecular weight excluding hydrogens is 316 g/mol. The molecule has 2 rings (SSSR count). The topological polar surface area (TPSA) is 101 Å². The first-order chi connectivity index (χ1) is 11.0. The minimum Gasteiger partial charge on any atom is -0.360 e. The van der Waals surface area contributed by atoms with Crippen molar-refractivity contribution in [1.29, 1.82) is 0 Å². The predicted molar refractivity (Wildman–Crippen MR) is 90.2 cm³/mol. The predicted octanol–water partition coefficient (Wildman–Crippen LogP) is 1.38. The van der Waals surface area contributed by atoms with Crippen LogP contribution in [-0.2, 0) is 9.59 Å². The molecule has 0 aromatic carbocycles. The summed E-state index contributed by atoms with van der Waals surface area (Å²) in [5.41, 5.74) is 5.98. The highest BCUT2D eigenvalue weighted by atomic mass is 32.2. The molecule has 0 spiro atoms. The maximum Gasteiger partial charge on any atom is 0.235 e. The smallest absolute Gasteiger partial charge is 0.235 e.